The maximum Gasteiger partial charge on any atom is 0.317 e. The van der Waals surface area contributed by atoms with E-state index in [1.807, 2.05) is 4.90 Å². The van der Waals surface area contributed by atoms with Crippen molar-refractivity contribution in [3.63, 3.8) is 0 Å². The van der Waals surface area contributed by atoms with Crippen LogP contribution >= 0.6 is 0 Å². The Bertz CT molecular complexity index is 654. The summed E-state index contributed by atoms with van der Waals surface area (Å²) in [5.41, 5.74) is 3.09. The van der Waals surface area contributed by atoms with E-state index >= 15 is 0 Å². The average molecular weight is 387 g/mol. The summed E-state index contributed by atoms with van der Waals surface area (Å²) >= 11 is 0. The fourth-order valence-corrected chi connectivity index (χ4v) is 4.47. The van der Waals surface area contributed by atoms with Crippen LogP contribution in [-0.2, 0) is 13.0 Å². The Labute approximate surface area is 171 Å². The van der Waals surface area contributed by atoms with Gasteiger partial charge >= 0.3 is 6.03 Å². The van der Waals surface area contributed by atoms with E-state index in [4.69, 9.17) is 0 Å². The van der Waals surface area contributed by atoms with E-state index in [0.717, 1.165) is 65.1 Å². The largest absolute Gasteiger partial charge is 0.336 e. The van der Waals surface area contributed by atoms with Gasteiger partial charge in [0.15, 0.2) is 0 Å². The first kappa shape index (κ1) is 21.1. The van der Waals surface area contributed by atoms with Crippen LogP contribution in [0.4, 0.5) is 4.79 Å². The molecular formula is C23H38N4O. The molecule has 1 aromatic rings. The van der Waals surface area contributed by atoms with Crippen LogP contribution in [0.2, 0.25) is 0 Å². The molecule has 2 aliphatic rings. The molecular weight excluding hydrogens is 348 g/mol. The molecule has 5 nitrogen and oxygen atoms in total. The minimum Gasteiger partial charge on any atom is -0.336 e. The summed E-state index contributed by atoms with van der Waals surface area (Å²) in [6.45, 7) is 15.5. The molecule has 3 rings (SSSR count). The lowest BCUT2D eigenvalue weighted by atomic mass is 9.98. The molecule has 28 heavy (non-hydrogen) atoms. The third-order valence-electron chi connectivity index (χ3n) is 6.37. The van der Waals surface area contributed by atoms with Gasteiger partial charge in [0.1, 0.15) is 0 Å². The van der Waals surface area contributed by atoms with Gasteiger partial charge < -0.3 is 10.2 Å². The van der Waals surface area contributed by atoms with Gasteiger partial charge in [-0.1, -0.05) is 31.2 Å². The molecule has 2 heterocycles. The van der Waals surface area contributed by atoms with E-state index in [0.29, 0.717) is 6.04 Å². The molecule has 0 saturated carbocycles. The van der Waals surface area contributed by atoms with Crippen molar-refractivity contribution in [2.45, 2.75) is 65.1 Å². The molecule has 1 atom stereocenters. The first-order valence-electron chi connectivity index (χ1n) is 11.0. The van der Waals surface area contributed by atoms with Gasteiger partial charge in [-0.25, -0.2) is 4.79 Å². The number of hydrogen-bond acceptors (Lipinski definition) is 3. The lowest BCUT2D eigenvalue weighted by Gasteiger charge is -2.36. The molecule has 0 radical (unpaired) electrons. The van der Waals surface area contributed by atoms with Crippen LogP contribution in [0, 0.1) is 0 Å². The third kappa shape index (κ3) is 5.26. The second-order valence-corrected chi connectivity index (χ2v) is 9.24. The molecule has 0 bridgehead atoms. The van der Waals surface area contributed by atoms with Crippen LogP contribution in [0.5, 0.6) is 0 Å². The summed E-state index contributed by atoms with van der Waals surface area (Å²) in [5.74, 6) is 0. The van der Waals surface area contributed by atoms with Crippen molar-refractivity contribution in [3.05, 3.63) is 35.4 Å². The van der Waals surface area contributed by atoms with Crippen molar-refractivity contribution in [1.82, 2.24) is 20.0 Å². The second kappa shape index (κ2) is 9.27. The molecule has 1 N–H and O–H groups in total. The Kier molecular flexibility index (Phi) is 7.00. The molecule has 5 heteroatoms. The van der Waals surface area contributed by atoms with E-state index < -0.39 is 0 Å². The molecule has 1 unspecified atom stereocenters. The zero-order chi connectivity index (χ0) is 20.1. The molecule has 1 fully saturated rings. The molecule has 2 aliphatic heterocycles. The summed E-state index contributed by atoms with van der Waals surface area (Å²) in [6.07, 6.45) is 3.21. The Balaban J connectivity index is 1.50. The number of nitrogens with zero attached hydrogens (tertiary/aromatic N) is 3. The molecule has 0 spiro atoms. The van der Waals surface area contributed by atoms with Gasteiger partial charge in [-0.05, 0) is 51.2 Å². The van der Waals surface area contributed by atoms with Gasteiger partial charge in [0, 0.05) is 57.4 Å². The summed E-state index contributed by atoms with van der Waals surface area (Å²) in [7, 11) is 0. The zero-order valence-corrected chi connectivity index (χ0v) is 18.2. The number of carbonyl (C=O) groups is 1. The van der Waals surface area contributed by atoms with Gasteiger partial charge in [0.2, 0.25) is 0 Å². The monoisotopic (exact) mass is 386 g/mol. The topological polar surface area (TPSA) is 38.8 Å². The van der Waals surface area contributed by atoms with Crippen molar-refractivity contribution < 1.29 is 4.79 Å². The van der Waals surface area contributed by atoms with Gasteiger partial charge in [-0.15, -0.1) is 0 Å². The van der Waals surface area contributed by atoms with Crippen LogP contribution in [0.15, 0.2) is 24.3 Å². The Hall–Kier alpha value is -1.59. The molecule has 156 valence electrons. The maximum absolute atomic E-state index is 12.8. The van der Waals surface area contributed by atoms with Gasteiger partial charge in [0.25, 0.3) is 0 Å². The normalized spacial score (nSPS) is 20.4. The highest BCUT2D eigenvalue weighted by atomic mass is 16.2. The van der Waals surface area contributed by atoms with Gasteiger partial charge in [0.05, 0.1) is 0 Å². The number of fused-ring (bicyclic) bond motifs is 1. The van der Waals surface area contributed by atoms with Gasteiger partial charge in [-0.3, -0.25) is 9.80 Å². The quantitative estimate of drug-likeness (QED) is 0.863. The first-order chi connectivity index (χ1) is 13.4. The summed E-state index contributed by atoms with van der Waals surface area (Å²) in [5, 5.41) is 3.23. The second-order valence-electron chi connectivity index (χ2n) is 9.24. The average Bonchev–Trinajstić information content (AvgIpc) is 2.94. The van der Waals surface area contributed by atoms with E-state index in [-0.39, 0.29) is 11.6 Å². The lowest BCUT2D eigenvalue weighted by Crippen LogP contribution is -2.49. The summed E-state index contributed by atoms with van der Waals surface area (Å²) in [6, 6.07) is 9.25. The number of carbonyl (C=O) groups excluding carboxylic acids is 1. The van der Waals surface area contributed by atoms with Crippen LogP contribution in [0.25, 0.3) is 0 Å². The Morgan fingerprint density at radius 3 is 2.54 bits per heavy atom. The van der Waals surface area contributed by atoms with E-state index in [9.17, 15) is 4.79 Å². The molecule has 0 aliphatic carbocycles. The fraction of sp³-hybridized carbons (Fsp3) is 0.696. The van der Waals surface area contributed by atoms with E-state index in [1.54, 1.807) is 0 Å². The highest BCUT2D eigenvalue weighted by Crippen LogP contribution is 2.21. The van der Waals surface area contributed by atoms with Crippen LogP contribution in [-0.4, -0.2) is 71.6 Å². The number of nitrogens with one attached hydrogen (secondary N) is 1. The molecule has 2 amide bonds. The van der Waals surface area contributed by atoms with Crippen molar-refractivity contribution in [2.24, 2.45) is 0 Å². The summed E-state index contributed by atoms with van der Waals surface area (Å²) in [4.78, 5) is 19.8. The maximum atomic E-state index is 12.8. The van der Waals surface area contributed by atoms with Crippen molar-refractivity contribution >= 4 is 6.03 Å². The number of hydrogen-bond donors (Lipinski definition) is 1. The van der Waals surface area contributed by atoms with Crippen molar-refractivity contribution in [2.75, 3.05) is 39.3 Å². The molecule has 1 aromatic carbocycles. The number of amides is 2. The zero-order valence-electron chi connectivity index (χ0n) is 18.2. The number of benzene rings is 1. The first-order valence-corrected chi connectivity index (χ1v) is 11.0. The minimum atomic E-state index is 0.103. The smallest absolute Gasteiger partial charge is 0.317 e. The molecule has 1 saturated heterocycles. The standard InChI is InChI=1S/C23H38N4O/c1-5-21(26-14-11-19-9-6-7-10-20(19)18-26)17-24-22(28)25-12-8-13-27(16-15-25)23(2,3)4/h6-7,9-10,21H,5,8,11-18H2,1-4H3,(H,24,28). The van der Waals surface area contributed by atoms with Crippen LogP contribution in [0.3, 0.4) is 0 Å². The minimum absolute atomic E-state index is 0.103. The highest BCUT2D eigenvalue weighted by molar-refractivity contribution is 5.74. The predicted molar refractivity (Wildman–Crippen MR) is 116 cm³/mol. The Morgan fingerprint density at radius 2 is 1.82 bits per heavy atom. The van der Waals surface area contributed by atoms with Gasteiger partial charge in [-0.2, -0.15) is 0 Å². The van der Waals surface area contributed by atoms with E-state index in [2.05, 4.69) is 67.1 Å². The Morgan fingerprint density at radius 1 is 1.07 bits per heavy atom. The molecule has 0 aromatic heterocycles. The predicted octanol–water partition coefficient (Wildman–Crippen LogP) is 3.34. The van der Waals surface area contributed by atoms with Crippen molar-refractivity contribution in [3.8, 4) is 0 Å². The highest BCUT2D eigenvalue weighted by Gasteiger charge is 2.27. The van der Waals surface area contributed by atoms with E-state index in [1.165, 1.54) is 11.1 Å². The SMILES string of the molecule is CCC(CNC(=O)N1CCCN(C(C)(C)C)CC1)N1CCc2ccccc2C1. The third-order valence-corrected chi connectivity index (χ3v) is 6.37. The lowest BCUT2D eigenvalue weighted by molar-refractivity contribution is 0.140. The number of urea groups is 1. The summed E-state index contributed by atoms with van der Waals surface area (Å²) < 4.78 is 0. The fourth-order valence-electron chi connectivity index (χ4n) is 4.47. The number of rotatable bonds is 4. The van der Waals surface area contributed by atoms with Crippen LogP contribution in [0.1, 0.15) is 51.7 Å². The van der Waals surface area contributed by atoms with Crippen molar-refractivity contribution in [1.29, 1.82) is 0 Å². The van der Waals surface area contributed by atoms with Crippen LogP contribution < -0.4 is 5.32 Å².